The van der Waals surface area contributed by atoms with Gasteiger partial charge in [0.05, 0.1) is 5.56 Å². The molecule has 3 rings (SSSR count). The van der Waals surface area contributed by atoms with Crippen molar-refractivity contribution in [2.45, 2.75) is 6.92 Å². The number of nitrogens with zero attached hydrogens (tertiary/aromatic N) is 2. The van der Waals surface area contributed by atoms with E-state index >= 15 is 0 Å². The molecule has 0 atom stereocenters. The molecule has 5 heteroatoms. The van der Waals surface area contributed by atoms with E-state index in [0.29, 0.717) is 26.2 Å². The molecule has 120 valence electrons. The largest absolute Gasteiger partial charge is 0.368 e. The topological polar surface area (TPSA) is 23.6 Å². The highest BCUT2D eigenvalue weighted by Crippen LogP contribution is 2.19. The van der Waals surface area contributed by atoms with Gasteiger partial charge in [0.25, 0.3) is 5.91 Å². The fourth-order valence-corrected chi connectivity index (χ4v) is 2.76. The summed E-state index contributed by atoms with van der Waals surface area (Å²) in [5.74, 6) is -1.74. The summed E-state index contributed by atoms with van der Waals surface area (Å²) in [4.78, 5) is 16.1. The van der Waals surface area contributed by atoms with Gasteiger partial charge in [-0.2, -0.15) is 0 Å². The quantitative estimate of drug-likeness (QED) is 0.849. The normalized spacial score (nSPS) is 14.9. The Labute approximate surface area is 134 Å². The van der Waals surface area contributed by atoms with E-state index in [1.165, 1.54) is 5.56 Å². The molecule has 0 spiro atoms. The predicted molar refractivity (Wildman–Crippen MR) is 85.7 cm³/mol. The maximum atomic E-state index is 13.7. The van der Waals surface area contributed by atoms with E-state index in [4.69, 9.17) is 0 Å². The maximum Gasteiger partial charge on any atom is 0.257 e. The Morgan fingerprint density at radius 1 is 0.957 bits per heavy atom. The molecule has 1 aliphatic heterocycles. The summed E-state index contributed by atoms with van der Waals surface area (Å²) in [5, 5.41) is 0. The average molecular weight is 316 g/mol. The lowest BCUT2D eigenvalue weighted by Crippen LogP contribution is -2.49. The van der Waals surface area contributed by atoms with Crippen molar-refractivity contribution < 1.29 is 13.6 Å². The minimum absolute atomic E-state index is 0.200. The molecular formula is C18H18F2N2O. The second-order valence-electron chi connectivity index (χ2n) is 5.74. The summed E-state index contributed by atoms with van der Waals surface area (Å²) in [6.07, 6.45) is 0. The smallest absolute Gasteiger partial charge is 0.257 e. The highest BCUT2D eigenvalue weighted by Gasteiger charge is 2.24. The summed E-state index contributed by atoms with van der Waals surface area (Å²) in [7, 11) is 0. The van der Waals surface area contributed by atoms with Crippen LogP contribution in [0.1, 0.15) is 15.9 Å². The number of hydrogen-bond donors (Lipinski definition) is 0. The molecule has 1 fully saturated rings. The van der Waals surface area contributed by atoms with Crippen molar-refractivity contribution in [2.75, 3.05) is 31.1 Å². The first-order chi connectivity index (χ1) is 11.0. The van der Waals surface area contributed by atoms with E-state index in [1.807, 2.05) is 6.92 Å². The molecule has 2 aromatic rings. The van der Waals surface area contributed by atoms with Crippen LogP contribution in [0.4, 0.5) is 14.5 Å². The van der Waals surface area contributed by atoms with Crippen LogP contribution in [0.25, 0.3) is 0 Å². The van der Waals surface area contributed by atoms with E-state index in [9.17, 15) is 13.6 Å². The highest BCUT2D eigenvalue weighted by atomic mass is 19.1. The van der Waals surface area contributed by atoms with Gasteiger partial charge < -0.3 is 9.80 Å². The van der Waals surface area contributed by atoms with Crippen LogP contribution in [0.2, 0.25) is 0 Å². The van der Waals surface area contributed by atoms with E-state index in [1.54, 1.807) is 4.90 Å². The van der Waals surface area contributed by atoms with Gasteiger partial charge in [-0.3, -0.25) is 4.79 Å². The summed E-state index contributed by atoms with van der Waals surface area (Å²) in [6.45, 7) is 4.36. The lowest BCUT2D eigenvalue weighted by molar-refractivity contribution is 0.0741. The molecule has 3 nitrogen and oxygen atoms in total. The monoisotopic (exact) mass is 316 g/mol. The molecule has 2 aromatic carbocycles. The second-order valence-corrected chi connectivity index (χ2v) is 5.74. The molecule has 0 aromatic heterocycles. The Hall–Kier alpha value is -2.43. The molecule has 0 unspecified atom stereocenters. The Kier molecular flexibility index (Phi) is 4.28. The number of halogens is 2. The van der Waals surface area contributed by atoms with Gasteiger partial charge in [0.2, 0.25) is 0 Å². The first-order valence-corrected chi connectivity index (χ1v) is 7.60. The average Bonchev–Trinajstić information content (AvgIpc) is 2.57. The summed E-state index contributed by atoms with van der Waals surface area (Å²) in [5.41, 5.74) is 2.11. The zero-order valence-electron chi connectivity index (χ0n) is 12.9. The third-order valence-corrected chi connectivity index (χ3v) is 4.12. The number of amides is 1. The fraction of sp³-hybridized carbons (Fsp3) is 0.278. The van der Waals surface area contributed by atoms with Crippen molar-refractivity contribution in [3.05, 3.63) is 65.2 Å². The number of anilines is 1. The number of benzene rings is 2. The van der Waals surface area contributed by atoms with Crippen LogP contribution in [0.5, 0.6) is 0 Å². The van der Waals surface area contributed by atoms with Crippen molar-refractivity contribution in [1.29, 1.82) is 0 Å². The molecule has 1 amide bonds. The molecule has 1 aliphatic rings. The van der Waals surface area contributed by atoms with Gasteiger partial charge in [0, 0.05) is 31.9 Å². The zero-order valence-corrected chi connectivity index (χ0v) is 12.9. The molecule has 1 heterocycles. The number of carbonyl (C=O) groups is 1. The molecular weight excluding hydrogens is 298 g/mol. The van der Waals surface area contributed by atoms with E-state index in [0.717, 1.165) is 23.9 Å². The minimum Gasteiger partial charge on any atom is -0.368 e. The maximum absolute atomic E-state index is 13.7. The first-order valence-electron chi connectivity index (χ1n) is 7.60. The van der Waals surface area contributed by atoms with Crippen molar-refractivity contribution in [3.8, 4) is 0 Å². The van der Waals surface area contributed by atoms with E-state index in [2.05, 4.69) is 29.2 Å². The van der Waals surface area contributed by atoms with Crippen LogP contribution < -0.4 is 4.90 Å². The Balaban J connectivity index is 1.67. The molecule has 23 heavy (non-hydrogen) atoms. The third kappa shape index (κ3) is 3.33. The van der Waals surface area contributed by atoms with Crippen LogP contribution in [0, 0.1) is 18.6 Å². The van der Waals surface area contributed by atoms with Crippen LogP contribution in [-0.2, 0) is 0 Å². The van der Waals surface area contributed by atoms with E-state index < -0.39 is 17.5 Å². The van der Waals surface area contributed by atoms with Gasteiger partial charge >= 0.3 is 0 Å². The van der Waals surface area contributed by atoms with Crippen molar-refractivity contribution in [2.24, 2.45) is 0 Å². The first kappa shape index (κ1) is 15.5. The highest BCUT2D eigenvalue weighted by molar-refractivity contribution is 5.94. The third-order valence-electron chi connectivity index (χ3n) is 4.12. The summed E-state index contributed by atoms with van der Waals surface area (Å²) < 4.78 is 27.0. The standard InChI is InChI=1S/C18H18F2N2O/c1-13-2-5-15(6-3-13)21-8-10-22(11-9-21)18(23)16-12-14(19)4-7-17(16)20/h2-7,12H,8-11H2,1H3. The van der Waals surface area contributed by atoms with Crippen LogP contribution >= 0.6 is 0 Å². The zero-order chi connectivity index (χ0) is 16.4. The number of aryl methyl sites for hydroxylation is 1. The Morgan fingerprint density at radius 2 is 1.61 bits per heavy atom. The number of rotatable bonds is 2. The number of hydrogen-bond acceptors (Lipinski definition) is 2. The predicted octanol–water partition coefficient (Wildman–Crippen LogP) is 3.24. The summed E-state index contributed by atoms with van der Waals surface area (Å²) >= 11 is 0. The number of carbonyl (C=O) groups excluding carboxylic acids is 1. The molecule has 0 N–H and O–H groups in total. The molecule has 0 aliphatic carbocycles. The van der Waals surface area contributed by atoms with Crippen LogP contribution in [0.15, 0.2) is 42.5 Å². The van der Waals surface area contributed by atoms with Crippen LogP contribution in [0.3, 0.4) is 0 Å². The van der Waals surface area contributed by atoms with Gasteiger partial charge in [-0.15, -0.1) is 0 Å². The molecule has 0 radical (unpaired) electrons. The van der Waals surface area contributed by atoms with Gasteiger partial charge in [-0.1, -0.05) is 17.7 Å². The number of piperazine rings is 1. The SMILES string of the molecule is Cc1ccc(N2CCN(C(=O)c3cc(F)ccc3F)CC2)cc1. The Morgan fingerprint density at radius 3 is 2.26 bits per heavy atom. The summed E-state index contributed by atoms with van der Waals surface area (Å²) in [6, 6.07) is 11.2. The Bertz CT molecular complexity index is 707. The van der Waals surface area contributed by atoms with Gasteiger partial charge in [0.15, 0.2) is 0 Å². The molecule has 1 saturated heterocycles. The second kappa shape index (κ2) is 6.36. The van der Waals surface area contributed by atoms with Crippen molar-refractivity contribution in [1.82, 2.24) is 4.90 Å². The fourth-order valence-electron chi connectivity index (χ4n) is 2.76. The van der Waals surface area contributed by atoms with Crippen molar-refractivity contribution in [3.63, 3.8) is 0 Å². The van der Waals surface area contributed by atoms with Gasteiger partial charge in [-0.25, -0.2) is 8.78 Å². The van der Waals surface area contributed by atoms with Gasteiger partial charge in [-0.05, 0) is 37.3 Å². The van der Waals surface area contributed by atoms with Crippen molar-refractivity contribution >= 4 is 11.6 Å². The van der Waals surface area contributed by atoms with Crippen LogP contribution in [-0.4, -0.2) is 37.0 Å². The van der Waals surface area contributed by atoms with Gasteiger partial charge in [0.1, 0.15) is 11.6 Å². The lowest BCUT2D eigenvalue weighted by atomic mass is 10.1. The molecule has 0 bridgehead atoms. The van der Waals surface area contributed by atoms with E-state index in [-0.39, 0.29) is 5.56 Å². The lowest BCUT2D eigenvalue weighted by Gasteiger charge is -2.36. The molecule has 0 saturated carbocycles. The minimum atomic E-state index is -0.683.